The molecule has 1 fully saturated rings. The zero-order valence-electron chi connectivity index (χ0n) is 13.3. The zero-order chi connectivity index (χ0) is 17.2. The summed E-state index contributed by atoms with van der Waals surface area (Å²) in [6.07, 6.45) is 1.78. The molecule has 0 amide bonds. The summed E-state index contributed by atoms with van der Waals surface area (Å²) in [5.41, 5.74) is 1.11. The molecule has 128 valence electrons. The van der Waals surface area contributed by atoms with Crippen molar-refractivity contribution in [1.29, 1.82) is 0 Å². The van der Waals surface area contributed by atoms with Gasteiger partial charge >= 0.3 is 5.97 Å². The van der Waals surface area contributed by atoms with Gasteiger partial charge in [0, 0.05) is 28.0 Å². The lowest BCUT2D eigenvalue weighted by Crippen LogP contribution is -2.35. The van der Waals surface area contributed by atoms with Gasteiger partial charge < -0.3 is 14.4 Å². The average molecular weight is 419 g/mol. The van der Waals surface area contributed by atoms with Gasteiger partial charge in [0.25, 0.3) is 0 Å². The molecule has 2 aliphatic heterocycles. The van der Waals surface area contributed by atoms with E-state index in [0.717, 1.165) is 41.2 Å². The van der Waals surface area contributed by atoms with Crippen LogP contribution in [0.2, 0.25) is 0 Å². The normalized spacial score (nSPS) is 19.2. The lowest BCUT2D eigenvalue weighted by Gasteiger charge is -2.27. The first-order valence-corrected chi connectivity index (χ1v) is 9.51. The van der Waals surface area contributed by atoms with Crippen molar-refractivity contribution in [1.82, 2.24) is 0 Å². The molecule has 5 nitrogen and oxygen atoms in total. The number of carbonyl (C=O) groups excluding carboxylic acids is 1. The Labute approximate surface area is 157 Å². The Morgan fingerprint density at radius 3 is 2.64 bits per heavy atom. The molecular formula is C18H15BrN2O3S. The Balaban J connectivity index is 1.55. The van der Waals surface area contributed by atoms with E-state index >= 15 is 0 Å². The van der Waals surface area contributed by atoms with Crippen LogP contribution >= 0.6 is 27.3 Å². The fourth-order valence-electron chi connectivity index (χ4n) is 2.63. The topological polar surface area (TPSA) is 51.1 Å². The van der Waals surface area contributed by atoms with Gasteiger partial charge in [-0.3, -0.25) is 0 Å². The molecule has 25 heavy (non-hydrogen) atoms. The predicted molar refractivity (Wildman–Crippen MR) is 102 cm³/mol. The summed E-state index contributed by atoms with van der Waals surface area (Å²) < 4.78 is 11.6. The number of cyclic esters (lactones) is 1. The first kappa shape index (κ1) is 16.5. The number of hydrogen-bond donors (Lipinski definition) is 0. The molecule has 1 saturated heterocycles. The molecule has 7 heteroatoms. The van der Waals surface area contributed by atoms with Gasteiger partial charge in [0.15, 0.2) is 5.70 Å². The molecule has 0 unspecified atom stereocenters. The molecule has 0 bridgehead atoms. The number of thiophene rings is 1. The van der Waals surface area contributed by atoms with E-state index in [4.69, 9.17) is 9.47 Å². The minimum atomic E-state index is -0.417. The van der Waals surface area contributed by atoms with Crippen LogP contribution < -0.4 is 4.90 Å². The van der Waals surface area contributed by atoms with Gasteiger partial charge in [-0.2, -0.15) is 0 Å². The summed E-state index contributed by atoms with van der Waals surface area (Å²) >= 11 is 5.03. The molecule has 1 aromatic heterocycles. The van der Waals surface area contributed by atoms with Gasteiger partial charge in [0.2, 0.25) is 5.90 Å². The van der Waals surface area contributed by atoms with E-state index in [1.165, 1.54) is 5.00 Å². The monoisotopic (exact) mass is 418 g/mol. The Morgan fingerprint density at radius 2 is 1.88 bits per heavy atom. The SMILES string of the molecule is O=C1OC(c2ccc(Br)cc2)=N/C1=C\c1ccc(N2CCOCC2)s1. The second-order valence-corrected chi connectivity index (χ2v) is 7.63. The van der Waals surface area contributed by atoms with Gasteiger partial charge in [-0.05, 0) is 42.5 Å². The van der Waals surface area contributed by atoms with E-state index in [-0.39, 0.29) is 0 Å². The molecule has 2 aliphatic rings. The van der Waals surface area contributed by atoms with Crippen LogP contribution in [-0.4, -0.2) is 38.2 Å². The number of nitrogens with zero attached hydrogens (tertiary/aromatic N) is 2. The number of hydrogen-bond acceptors (Lipinski definition) is 6. The minimum Gasteiger partial charge on any atom is -0.402 e. The van der Waals surface area contributed by atoms with E-state index in [1.807, 2.05) is 30.3 Å². The maximum Gasteiger partial charge on any atom is 0.363 e. The highest BCUT2D eigenvalue weighted by molar-refractivity contribution is 9.10. The van der Waals surface area contributed by atoms with Crippen LogP contribution in [0.15, 0.2) is 51.6 Å². The zero-order valence-corrected chi connectivity index (χ0v) is 15.7. The molecular weight excluding hydrogens is 404 g/mol. The average Bonchev–Trinajstić information content (AvgIpc) is 3.24. The Hall–Kier alpha value is -1.96. The lowest BCUT2D eigenvalue weighted by atomic mass is 10.2. The van der Waals surface area contributed by atoms with E-state index in [9.17, 15) is 4.79 Å². The van der Waals surface area contributed by atoms with Gasteiger partial charge in [-0.1, -0.05) is 15.9 Å². The second-order valence-electron chi connectivity index (χ2n) is 5.62. The van der Waals surface area contributed by atoms with Crippen molar-refractivity contribution in [2.24, 2.45) is 4.99 Å². The third kappa shape index (κ3) is 3.68. The van der Waals surface area contributed by atoms with Crippen molar-refractivity contribution < 1.29 is 14.3 Å². The first-order chi connectivity index (χ1) is 12.2. The number of halogens is 1. The maximum atomic E-state index is 12.1. The van der Waals surface area contributed by atoms with Gasteiger partial charge in [0.1, 0.15) is 0 Å². The van der Waals surface area contributed by atoms with Gasteiger partial charge in [-0.15, -0.1) is 11.3 Å². The Kier molecular flexibility index (Phi) is 4.70. The third-order valence-electron chi connectivity index (χ3n) is 3.93. The number of carbonyl (C=O) groups is 1. The summed E-state index contributed by atoms with van der Waals surface area (Å²) in [6.45, 7) is 3.29. The minimum absolute atomic E-state index is 0.327. The van der Waals surface area contributed by atoms with Crippen molar-refractivity contribution in [3.63, 3.8) is 0 Å². The molecule has 2 aromatic rings. The number of esters is 1. The third-order valence-corrected chi connectivity index (χ3v) is 5.55. The molecule has 3 heterocycles. The molecule has 4 rings (SSSR count). The van der Waals surface area contributed by atoms with Crippen molar-refractivity contribution in [2.75, 3.05) is 31.2 Å². The Morgan fingerprint density at radius 1 is 1.12 bits per heavy atom. The number of rotatable bonds is 3. The molecule has 1 aromatic carbocycles. The quantitative estimate of drug-likeness (QED) is 0.563. The summed E-state index contributed by atoms with van der Waals surface area (Å²) in [7, 11) is 0. The van der Waals surface area contributed by atoms with Gasteiger partial charge in [-0.25, -0.2) is 9.79 Å². The van der Waals surface area contributed by atoms with E-state index < -0.39 is 5.97 Å². The van der Waals surface area contributed by atoms with Crippen LogP contribution in [0, 0.1) is 0 Å². The van der Waals surface area contributed by atoms with E-state index in [0.29, 0.717) is 11.6 Å². The van der Waals surface area contributed by atoms with Crippen molar-refractivity contribution in [3.8, 4) is 0 Å². The van der Waals surface area contributed by atoms with Crippen LogP contribution in [0.5, 0.6) is 0 Å². The molecule has 0 radical (unpaired) electrons. The van der Waals surface area contributed by atoms with Crippen LogP contribution in [0.25, 0.3) is 6.08 Å². The highest BCUT2D eigenvalue weighted by atomic mass is 79.9. The molecule has 0 aliphatic carbocycles. The number of anilines is 1. The summed E-state index contributed by atoms with van der Waals surface area (Å²) in [6, 6.07) is 11.6. The van der Waals surface area contributed by atoms with Crippen molar-refractivity contribution in [3.05, 3.63) is 57.0 Å². The summed E-state index contributed by atoms with van der Waals surface area (Å²) in [5.74, 6) is -0.0760. The van der Waals surface area contributed by atoms with Crippen LogP contribution in [0.3, 0.4) is 0 Å². The number of ether oxygens (including phenoxy) is 2. The van der Waals surface area contributed by atoms with Crippen molar-refractivity contribution >= 4 is 50.2 Å². The fourth-order valence-corrected chi connectivity index (χ4v) is 3.89. The number of morpholine rings is 1. The largest absolute Gasteiger partial charge is 0.402 e. The molecule has 0 N–H and O–H groups in total. The maximum absolute atomic E-state index is 12.1. The standard InChI is InChI=1S/C18H15BrN2O3S/c19-13-3-1-12(2-4-13)17-20-15(18(22)24-17)11-14-5-6-16(25-14)21-7-9-23-10-8-21/h1-6,11H,7-10H2/b15-11-. The second kappa shape index (κ2) is 7.11. The number of benzene rings is 1. The first-order valence-electron chi connectivity index (χ1n) is 7.90. The predicted octanol–water partition coefficient (Wildman–Crippen LogP) is 3.69. The smallest absolute Gasteiger partial charge is 0.363 e. The Bertz CT molecular complexity index is 851. The molecule has 0 spiro atoms. The van der Waals surface area contributed by atoms with Crippen molar-refractivity contribution in [2.45, 2.75) is 0 Å². The van der Waals surface area contributed by atoms with E-state index in [1.54, 1.807) is 17.4 Å². The highest BCUT2D eigenvalue weighted by Crippen LogP contribution is 2.29. The number of aliphatic imine (C=N–C) groups is 1. The van der Waals surface area contributed by atoms with Crippen LogP contribution in [0.4, 0.5) is 5.00 Å². The van der Waals surface area contributed by atoms with Crippen LogP contribution in [0.1, 0.15) is 10.4 Å². The summed E-state index contributed by atoms with van der Waals surface area (Å²) in [5, 5.41) is 1.18. The van der Waals surface area contributed by atoms with Gasteiger partial charge in [0.05, 0.1) is 18.2 Å². The fraction of sp³-hybridized carbons (Fsp3) is 0.222. The van der Waals surface area contributed by atoms with Crippen LogP contribution in [-0.2, 0) is 14.3 Å². The molecule has 0 atom stereocenters. The lowest BCUT2D eigenvalue weighted by molar-refractivity contribution is -0.129. The van der Waals surface area contributed by atoms with E-state index in [2.05, 4.69) is 31.9 Å². The molecule has 0 saturated carbocycles. The highest BCUT2D eigenvalue weighted by Gasteiger charge is 2.24. The summed E-state index contributed by atoms with van der Waals surface area (Å²) in [4.78, 5) is 19.7.